The molecule has 0 atom stereocenters. The van der Waals surface area contributed by atoms with Gasteiger partial charge in [-0.3, -0.25) is 0 Å². The monoisotopic (exact) mass is 305 g/mol. The first-order chi connectivity index (χ1) is 9.81. The van der Waals surface area contributed by atoms with Crippen LogP contribution in [0.25, 0.3) is 0 Å². The first kappa shape index (κ1) is 17.6. The minimum atomic E-state index is -4.13. The Morgan fingerprint density at radius 3 is 2.52 bits per heavy atom. The van der Waals surface area contributed by atoms with Gasteiger partial charge >= 0.3 is 6.18 Å². The van der Waals surface area contributed by atoms with Gasteiger partial charge in [0.1, 0.15) is 11.5 Å². The van der Waals surface area contributed by atoms with Crippen molar-refractivity contribution in [1.82, 2.24) is 5.32 Å². The van der Waals surface area contributed by atoms with E-state index in [-0.39, 0.29) is 13.0 Å². The number of methoxy groups -OCH3 is 1. The molecule has 3 nitrogen and oxygen atoms in total. The average Bonchev–Trinajstić information content (AvgIpc) is 2.40. The van der Waals surface area contributed by atoms with Gasteiger partial charge in [-0.15, -0.1) is 0 Å². The minimum Gasteiger partial charge on any atom is -0.497 e. The van der Waals surface area contributed by atoms with Crippen LogP contribution in [0.1, 0.15) is 32.3 Å². The molecule has 0 saturated heterocycles. The summed E-state index contributed by atoms with van der Waals surface area (Å²) in [6.45, 7) is 4.65. The second-order valence-electron chi connectivity index (χ2n) is 5.08. The fourth-order valence-electron chi connectivity index (χ4n) is 1.73. The number of hydrogen-bond acceptors (Lipinski definition) is 3. The first-order valence-corrected chi connectivity index (χ1v) is 6.91. The number of ether oxygens (including phenoxy) is 2. The molecule has 0 amide bonds. The summed E-state index contributed by atoms with van der Waals surface area (Å²) in [6, 6.07) is 5.59. The van der Waals surface area contributed by atoms with E-state index in [1.807, 2.05) is 19.9 Å². The Kier molecular flexibility index (Phi) is 6.81. The SMILES string of the molecule is COc1ccc(OCCCC(F)(F)F)c(CNC(C)C)c1. The van der Waals surface area contributed by atoms with Gasteiger partial charge in [0, 0.05) is 24.6 Å². The van der Waals surface area contributed by atoms with Crippen molar-refractivity contribution in [2.45, 2.75) is 45.5 Å². The van der Waals surface area contributed by atoms with Gasteiger partial charge in [-0.1, -0.05) is 13.8 Å². The summed E-state index contributed by atoms with van der Waals surface area (Å²) in [6.07, 6.45) is -5.01. The van der Waals surface area contributed by atoms with Crippen molar-refractivity contribution in [3.05, 3.63) is 23.8 Å². The van der Waals surface area contributed by atoms with Gasteiger partial charge in [-0.05, 0) is 24.6 Å². The van der Waals surface area contributed by atoms with E-state index in [4.69, 9.17) is 9.47 Å². The third-order valence-electron chi connectivity index (χ3n) is 2.83. The third-order valence-corrected chi connectivity index (χ3v) is 2.83. The summed E-state index contributed by atoms with van der Waals surface area (Å²) < 4.78 is 46.9. The van der Waals surface area contributed by atoms with Crippen LogP contribution in [0.4, 0.5) is 13.2 Å². The van der Waals surface area contributed by atoms with E-state index in [2.05, 4.69) is 5.32 Å². The molecule has 1 N–H and O–H groups in total. The topological polar surface area (TPSA) is 30.5 Å². The molecule has 0 radical (unpaired) electrons. The van der Waals surface area contributed by atoms with Gasteiger partial charge in [0.15, 0.2) is 0 Å². The zero-order valence-corrected chi connectivity index (χ0v) is 12.6. The lowest BCUT2D eigenvalue weighted by atomic mass is 10.1. The van der Waals surface area contributed by atoms with Crippen LogP contribution in [0, 0.1) is 0 Å². The highest BCUT2D eigenvalue weighted by atomic mass is 19.4. The van der Waals surface area contributed by atoms with E-state index in [1.54, 1.807) is 19.2 Å². The molecule has 120 valence electrons. The lowest BCUT2D eigenvalue weighted by molar-refractivity contribution is -0.136. The number of alkyl halides is 3. The van der Waals surface area contributed by atoms with Crippen LogP contribution in [0.3, 0.4) is 0 Å². The molecule has 0 saturated carbocycles. The maximum Gasteiger partial charge on any atom is 0.389 e. The molecule has 1 aromatic carbocycles. The largest absolute Gasteiger partial charge is 0.497 e. The van der Waals surface area contributed by atoms with Crippen molar-refractivity contribution in [2.24, 2.45) is 0 Å². The van der Waals surface area contributed by atoms with Crippen molar-refractivity contribution in [3.63, 3.8) is 0 Å². The van der Waals surface area contributed by atoms with Gasteiger partial charge < -0.3 is 14.8 Å². The molecule has 6 heteroatoms. The summed E-state index contributed by atoms with van der Waals surface area (Å²) in [7, 11) is 1.57. The molecular formula is C15H22F3NO2. The normalized spacial score (nSPS) is 11.8. The lowest BCUT2D eigenvalue weighted by Gasteiger charge is -2.15. The second-order valence-corrected chi connectivity index (χ2v) is 5.08. The highest BCUT2D eigenvalue weighted by Gasteiger charge is 2.26. The van der Waals surface area contributed by atoms with Gasteiger partial charge in [0.25, 0.3) is 0 Å². The van der Waals surface area contributed by atoms with Crippen molar-refractivity contribution in [1.29, 1.82) is 0 Å². The molecule has 0 bridgehead atoms. The van der Waals surface area contributed by atoms with Crippen molar-refractivity contribution >= 4 is 0 Å². The van der Waals surface area contributed by atoms with Crippen molar-refractivity contribution < 1.29 is 22.6 Å². The Hall–Kier alpha value is -1.43. The molecule has 0 aliphatic carbocycles. The molecule has 0 heterocycles. The van der Waals surface area contributed by atoms with Crippen molar-refractivity contribution in [3.8, 4) is 11.5 Å². The third kappa shape index (κ3) is 7.22. The average molecular weight is 305 g/mol. The number of halogens is 3. The Morgan fingerprint density at radius 1 is 1.24 bits per heavy atom. The van der Waals surface area contributed by atoms with Gasteiger partial charge in [-0.2, -0.15) is 13.2 Å². The van der Waals surface area contributed by atoms with E-state index in [1.165, 1.54) is 0 Å². The van der Waals surface area contributed by atoms with Crippen LogP contribution >= 0.6 is 0 Å². The van der Waals surface area contributed by atoms with E-state index in [0.29, 0.717) is 24.1 Å². The Morgan fingerprint density at radius 2 is 1.95 bits per heavy atom. The predicted octanol–water partition coefficient (Wildman–Crippen LogP) is 3.91. The number of nitrogens with one attached hydrogen (secondary N) is 1. The van der Waals surface area contributed by atoms with Gasteiger partial charge in [-0.25, -0.2) is 0 Å². The second kappa shape index (κ2) is 8.12. The molecule has 0 unspecified atom stereocenters. The van der Waals surface area contributed by atoms with Crippen molar-refractivity contribution in [2.75, 3.05) is 13.7 Å². The number of hydrogen-bond donors (Lipinski definition) is 1. The highest BCUT2D eigenvalue weighted by Crippen LogP contribution is 2.26. The van der Waals surface area contributed by atoms with Crippen LogP contribution in [0.15, 0.2) is 18.2 Å². The molecule has 0 aliphatic heterocycles. The standard InChI is InChI=1S/C15H22F3NO2/c1-11(2)19-10-12-9-13(20-3)5-6-14(12)21-8-4-7-15(16,17)18/h5-6,9,11,19H,4,7-8,10H2,1-3H3. The molecule has 1 rings (SSSR count). The van der Waals surface area contributed by atoms with Crippen LogP contribution < -0.4 is 14.8 Å². The zero-order chi connectivity index (χ0) is 15.9. The van der Waals surface area contributed by atoms with E-state index >= 15 is 0 Å². The molecule has 0 fully saturated rings. The van der Waals surface area contributed by atoms with E-state index < -0.39 is 12.6 Å². The maximum absolute atomic E-state index is 12.1. The Bertz CT molecular complexity index is 433. The highest BCUT2D eigenvalue weighted by molar-refractivity contribution is 5.40. The fourth-order valence-corrected chi connectivity index (χ4v) is 1.73. The molecule has 0 spiro atoms. The number of benzene rings is 1. The van der Waals surface area contributed by atoms with Crippen LogP contribution in [0.2, 0.25) is 0 Å². The predicted molar refractivity (Wildman–Crippen MR) is 75.8 cm³/mol. The summed E-state index contributed by atoms with van der Waals surface area (Å²) in [5, 5.41) is 3.25. The van der Waals surface area contributed by atoms with E-state index in [9.17, 15) is 13.2 Å². The summed E-state index contributed by atoms with van der Waals surface area (Å²) in [5.41, 5.74) is 0.870. The Balaban J connectivity index is 2.62. The zero-order valence-electron chi connectivity index (χ0n) is 12.6. The number of rotatable bonds is 8. The quantitative estimate of drug-likeness (QED) is 0.739. The Labute approximate surface area is 123 Å². The summed E-state index contributed by atoms with van der Waals surface area (Å²) >= 11 is 0. The summed E-state index contributed by atoms with van der Waals surface area (Å²) in [4.78, 5) is 0. The molecule has 1 aromatic rings. The van der Waals surface area contributed by atoms with Crippen LogP contribution in [-0.2, 0) is 6.54 Å². The fraction of sp³-hybridized carbons (Fsp3) is 0.600. The van der Waals surface area contributed by atoms with Crippen LogP contribution in [0.5, 0.6) is 11.5 Å². The molecule has 21 heavy (non-hydrogen) atoms. The van der Waals surface area contributed by atoms with Gasteiger partial charge in [0.05, 0.1) is 13.7 Å². The van der Waals surface area contributed by atoms with Crippen LogP contribution in [-0.4, -0.2) is 25.9 Å². The minimum absolute atomic E-state index is 0.0422. The lowest BCUT2D eigenvalue weighted by Crippen LogP contribution is -2.22. The smallest absolute Gasteiger partial charge is 0.389 e. The molecular weight excluding hydrogens is 283 g/mol. The van der Waals surface area contributed by atoms with Gasteiger partial charge in [0.2, 0.25) is 0 Å². The van der Waals surface area contributed by atoms with E-state index in [0.717, 1.165) is 5.56 Å². The first-order valence-electron chi connectivity index (χ1n) is 6.91. The maximum atomic E-state index is 12.1. The molecule has 0 aromatic heterocycles. The summed E-state index contributed by atoms with van der Waals surface area (Å²) in [5.74, 6) is 1.28. The molecule has 0 aliphatic rings.